The van der Waals surface area contributed by atoms with E-state index in [0.29, 0.717) is 12.5 Å². The SMILES string of the molecule is CC(CO)CCCNC[C@H](O)CO. The van der Waals surface area contributed by atoms with Crippen molar-refractivity contribution in [2.24, 2.45) is 5.92 Å². The lowest BCUT2D eigenvalue weighted by atomic mass is 10.1. The average molecular weight is 191 g/mol. The zero-order valence-corrected chi connectivity index (χ0v) is 8.24. The van der Waals surface area contributed by atoms with Crippen LogP contribution < -0.4 is 5.32 Å². The third kappa shape index (κ3) is 8.18. The van der Waals surface area contributed by atoms with Crippen molar-refractivity contribution < 1.29 is 15.3 Å². The van der Waals surface area contributed by atoms with Crippen LogP contribution in [0.4, 0.5) is 0 Å². The number of rotatable bonds is 8. The van der Waals surface area contributed by atoms with Crippen molar-refractivity contribution in [3.05, 3.63) is 0 Å². The molecule has 2 atom stereocenters. The molecule has 0 fully saturated rings. The average Bonchev–Trinajstić information content (AvgIpc) is 2.16. The number of nitrogens with one attached hydrogen (secondary N) is 1. The van der Waals surface area contributed by atoms with E-state index in [4.69, 9.17) is 15.3 Å². The molecule has 0 amide bonds. The molecule has 80 valence electrons. The molecule has 0 radical (unpaired) electrons. The third-order valence-electron chi connectivity index (χ3n) is 1.95. The number of hydrogen-bond acceptors (Lipinski definition) is 4. The van der Waals surface area contributed by atoms with Crippen molar-refractivity contribution in [1.82, 2.24) is 5.32 Å². The molecule has 0 bridgehead atoms. The van der Waals surface area contributed by atoms with E-state index in [0.717, 1.165) is 19.4 Å². The summed E-state index contributed by atoms with van der Waals surface area (Å²) >= 11 is 0. The molecule has 4 N–H and O–H groups in total. The molecule has 0 heterocycles. The van der Waals surface area contributed by atoms with Gasteiger partial charge in [0.05, 0.1) is 12.7 Å². The molecule has 4 nitrogen and oxygen atoms in total. The molecule has 0 aliphatic rings. The minimum absolute atomic E-state index is 0.194. The maximum absolute atomic E-state index is 8.96. The van der Waals surface area contributed by atoms with Crippen LogP contribution in [0.5, 0.6) is 0 Å². The van der Waals surface area contributed by atoms with Crippen LogP contribution in [0, 0.1) is 5.92 Å². The summed E-state index contributed by atoms with van der Waals surface area (Å²) in [6, 6.07) is 0. The molecular weight excluding hydrogens is 170 g/mol. The Kier molecular flexibility index (Phi) is 8.33. The number of aliphatic hydroxyl groups excluding tert-OH is 3. The van der Waals surface area contributed by atoms with Gasteiger partial charge < -0.3 is 20.6 Å². The summed E-state index contributed by atoms with van der Waals surface area (Å²) in [6.07, 6.45) is 1.31. The van der Waals surface area contributed by atoms with Crippen LogP contribution in [-0.2, 0) is 0 Å². The summed E-state index contributed by atoms with van der Waals surface area (Å²) in [4.78, 5) is 0. The van der Waals surface area contributed by atoms with Crippen LogP contribution in [0.15, 0.2) is 0 Å². The maximum Gasteiger partial charge on any atom is 0.0894 e. The lowest BCUT2D eigenvalue weighted by molar-refractivity contribution is 0.0943. The highest BCUT2D eigenvalue weighted by Crippen LogP contribution is 2.02. The Morgan fingerprint density at radius 3 is 2.46 bits per heavy atom. The molecular formula is C9H21NO3. The fraction of sp³-hybridized carbons (Fsp3) is 1.00. The smallest absolute Gasteiger partial charge is 0.0894 e. The molecule has 0 aromatic rings. The van der Waals surface area contributed by atoms with E-state index in [1.165, 1.54) is 0 Å². The second-order valence-electron chi connectivity index (χ2n) is 3.47. The van der Waals surface area contributed by atoms with Crippen molar-refractivity contribution in [2.45, 2.75) is 25.9 Å². The van der Waals surface area contributed by atoms with Crippen LogP contribution in [0.25, 0.3) is 0 Å². The highest BCUT2D eigenvalue weighted by atomic mass is 16.3. The Labute approximate surface area is 79.6 Å². The summed E-state index contributed by atoms with van der Waals surface area (Å²) in [5.74, 6) is 0.351. The predicted octanol–water partition coefficient (Wildman–Crippen LogP) is -0.662. The highest BCUT2D eigenvalue weighted by Gasteiger charge is 2.01. The van der Waals surface area contributed by atoms with Crippen molar-refractivity contribution in [3.8, 4) is 0 Å². The Bertz CT molecular complexity index is 99.0. The zero-order valence-electron chi connectivity index (χ0n) is 8.24. The summed E-state index contributed by atoms with van der Waals surface area (Å²) in [5, 5.41) is 29.2. The van der Waals surface area contributed by atoms with Crippen molar-refractivity contribution >= 4 is 0 Å². The Morgan fingerprint density at radius 1 is 1.23 bits per heavy atom. The summed E-state index contributed by atoms with van der Waals surface area (Å²) in [7, 11) is 0. The third-order valence-corrected chi connectivity index (χ3v) is 1.95. The topological polar surface area (TPSA) is 72.7 Å². The Balaban J connectivity index is 3.08. The molecule has 0 aliphatic heterocycles. The maximum atomic E-state index is 8.96. The first kappa shape index (κ1) is 12.8. The first-order valence-corrected chi connectivity index (χ1v) is 4.81. The van der Waals surface area contributed by atoms with Crippen LogP contribution in [0.3, 0.4) is 0 Å². The van der Waals surface area contributed by atoms with E-state index in [1.54, 1.807) is 0 Å². The van der Waals surface area contributed by atoms with Gasteiger partial charge in [-0.05, 0) is 25.3 Å². The minimum atomic E-state index is -0.657. The minimum Gasteiger partial charge on any atom is -0.396 e. The van der Waals surface area contributed by atoms with Crippen LogP contribution in [0.1, 0.15) is 19.8 Å². The molecule has 0 aliphatic carbocycles. The van der Waals surface area contributed by atoms with Gasteiger partial charge in [-0.15, -0.1) is 0 Å². The first-order valence-electron chi connectivity index (χ1n) is 4.81. The van der Waals surface area contributed by atoms with Crippen LogP contribution in [-0.4, -0.2) is 47.7 Å². The van der Waals surface area contributed by atoms with Crippen LogP contribution >= 0.6 is 0 Å². The van der Waals surface area contributed by atoms with Crippen molar-refractivity contribution in [2.75, 3.05) is 26.3 Å². The molecule has 0 spiro atoms. The second-order valence-corrected chi connectivity index (χ2v) is 3.47. The molecule has 0 saturated carbocycles. The van der Waals surface area contributed by atoms with E-state index in [2.05, 4.69) is 5.32 Å². The summed E-state index contributed by atoms with van der Waals surface area (Å²) in [5.41, 5.74) is 0. The molecule has 1 unspecified atom stereocenters. The lowest BCUT2D eigenvalue weighted by Gasteiger charge is -2.10. The summed E-state index contributed by atoms with van der Waals surface area (Å²) in [6.45, 7) is 3.30. The first-order chi connectivity index (χ1) is 6.20. The molecule has 0 saturated heterocycles. The van der Waals surface area contributed by atoms with Gasteiger partial charge in [0.25, 0.3) is 0 Å². The van der Waals surface area contributed by atoms with E-state index in [9.17, 15) is 0 Å². The van der Waals surface area contributed by atoms with Crippen molar-refractivity contribution in [3.63, 3.8) is 0 Å². The fourth-order valence-electron chi connectivity index (χ4n) is 1.00. The van der Waals surface area contributed by atoms with Gasteiger partial charge in [0, 0.05) is 13.2 Å². The van der Waals surface area contributed by atoms with Crippen molar-refractivity contribution in [1.29, 1.82) is 0 Å². The van der Waals surface area contributed by atoms with Gasteiger partial charge in [-0.25, -0.2) is 0 Å². The van der Waals surface area contributed by atoms with Gasteiger partial charge in [-0.1, -0.05) is 6.92 Å². The fourth-order valence-corrected chi connectivity index (χ4v) is 1.00. The molecule has 0 aromatic heterocycles. The van der Waals surface area contributed by atoms with Gasteiger partial charge in [0.1, 0.15) is 0 Å². The molecule has 13 heavy (non-hydrogen) atoms. The van der Waals surface area contributed by atoms with E-state index >= 15 is 0 Å². The molecule has 4 heteroatoms. The largest absolute Gasteiger partial charge is 0.396 e. The van der Waals surface area contributed by atoms with E-state index in [1.807, 2.05) is 6.92 Å². The highest BCUT2D eigenvalue weighted by molar-refractivity contribution is 4.58. The molecule has 0 aromatic carbocycles. The van der Waals surface area contributed by atoms with Gasteiger partial charge in [-0.3, -0.25) is 0 Å². The molecule has 0 rings (SSSR count). The van der Waals surface area contributed by atoms with Crippen LogP contribution in [0.2, 0.25) is 0 Å². The second kappa shape index (κ2) is 8.44. The lowest BCUT2D eigenvalue weighted by Crippen LogP contribution is -2.30. The van der Waals surface area contributed by atoms with Gasteiger partial charge in [-0.2, -0.15) is 0 Å². The Hall–Kier alpha value is -0.160. The normalized spacial score (nSPS) is 15.7. The monoisotopic (exact) mass is 191 g/mol. The summed E-state index contributed by atoms with van der Waals surface area (Å²) < 4.78 is 0. The van der Waals surface area contributed by atoms with E-state index < -0.39 is 6.10 Å². The Morgan fingerprint density at radius 2 is 1.92 bits per heavy atom. The zero-order chi connectivity index (χ0) is 10.1. The predicted molar refractivity (Wildman–Crippen MR) is 51.4 cm³/mol. The quantitative estimate of drug-likeness (QED) is 0.384. The standard InChI is InChI=1S/C9H21NO3/c1-8(6-11)3-2-4-10-5-9(13)7-12/h8-13H,2-7H2,1H3/t8?,9-/m0/s1. The van der Waals surface area contributed by atoms with E-state index in [-0.39, 0.29) is 13.2 Å². The van der Waals surface area contributed by atoms with Gasteiger partial charge >= 0.3 is 0 Å². The van der Waals surface area contributed by atoms with Gasteiger partial charge in [0.15, 0.2) is 0 Å². The van der Waals surface area contributed by atoms with Gasteiger partial charge in [0.2, 0.25) is 0 Å². The number of aliphatic hydroxyl groups is 3. The number of hydrogen-bond donors (Lipinski definition) is 4.